The molecule has 0 saturated carbocycles. The first-order chi connectivity index (χ1) is 10.2. The van der Waals surface area contributed by atoms with E-state index in [-0.39, 0.29) is 12.6 Å². The number of likely N-dealkylation sites (N-methyl/N-ethyl adjacent to an activating group) is 1. The Morgan fingerprint density at radius 3 is 2.81 bits per heavy atom. The van der Waals surface area contributed by atoms with E-state index >= 15 is 0 Å². The standard InChI is InChI=1S/C13H21N7O/c1-4-6-14-11-16-12(19(3)10(2)9-21)18-13(17-11)20-8-5-7-15-20/h5,7-8,10,21H,4,6,9H2,1-3H3,(H,14,16,17,18). The van der Waals surface area contributed by atoms with Crippen molar-refractivity contribution in [3.8, 4) is 5.95 Å². The molecule has 0 aromatic carbocycles. The number of aliphatic hydroxyl groups is 1. The van der Waals surface area contributed by atoms with Crippen LogP contribution in [0.1, 0.15) is 20.3 Å². The minimum absolute atomic E-state index is 0.0248. The monoisotopic (exact) mass is 291 g/mol. The van der Waals surface area contributed by atoms with E-state index in [0.717, 1.165) is 13.0 Å². The molecule has 2 aromatic heterocycles. The topological polar surface area (TPSA) is 92.0 Å². The molecule has 2 heterocycles. The van der Waals surface area contributed by atoms with Gasteiger partial charge in [0.05, 0.1) is 12.6 Å². The first-order valence-corrected chi connectivity index (χ1v) is 6.99. The maximum absolute atomic E-state index is 9.28. The number of hydrogen-bond donors (Lipinski definition) is 2. The van der Waals surface area contributed by atoms with Crippen molar-refractivity contribution in [2.75, 3.05) is 30.4 Å². The van der Waals surface area contributed by atoms with E-state index < -0.39 is 0 Å². The molecule has 2 N–H and O–H groups in total. The average Bonchev–Trinajstić information content (AvgIpc) is 3.05. The van der Waals surface area contributed by atoms with Crippen molar-refractivity contribution in [2.45, 2.75) is 26.3 Å². The summed E-state index contributed by atoms with van der Waals surface area (Å²) >= 11 is 0. The van der Waals surface area contributed by atoms with Gasteiger partial charge in [0.2, 0.25) is 11.9 Å². The van der Waals surface area contributed by atoms with E-state index in [9.17, 15) is 5.11 Å². The summed E-state index contributed by atoms with van der Waals surface area (Å²) in [4.78, 5) is 15.0. The third-order valence-corrected chi connectivity index (χ3v) is 3.10. The van der Waals surface area contributed by atoms with Crippen LogP contribution in [0, 0.1) is 0 Å². The second-order valence-electron chi connectivity index (χ2n) is 4.78. The summed E-state index contributed by atoms with van der Waals surface area (Å²) in [7, 11) is 1.84. The quantitative estimate of drug-likeness (QED) is 0.775. The SMILES string of the molecule is CCCNc1nc(N(C)C(C)CO)nc(-n2cccn2)n1. The Bertz CT molecular complexity index is 558. The minimum atomic E-state index is -0.0862. The molecule has 1 atom stereocenters. The molecule has 0 aliphatic heterocycles. The van der Waals surface area contributed by atoms with Crippen LogP contribution < -0.4 is 10.2 Å². The Hall–Kier alpha value is -2.22. The number of aliphatic hydroxyl groups excluding tert-OH is 1. The van der Waals surface area contributed by atoms with Crippen LogP contribution >= 0.6 is 0 Å². The van der Waals surface area contributed by atoms with Crippen molar-refractivity contribution in [1.82, 2.24) is 24.7 Å². The smallest absolute Gasteiger partial charge is 0.257 e. The Labute approximate surface area is 123 Å². The molecular weight excluding hydrogens is 270 g/mol. The van der Waals surface area contributed by atoms with Crippen molar-refractivity contribution in [3.05, 3.63) is 18.5 Å². The number of nitrogens with zero attached hydrogens (tertiary/aromatic N) is 6. The summed E-state index contributed by atoms with van der Waals surface area (Å²) in [6.07, 6.45) is 4.42. The second-order valence-corrected chi connectivity index (χ2v) is 4.78. The Balaban J connectivity index is 2.37. The van der Waals surface area contributed by atoms with Crippen LogP contribution in [0.3, 0.4) is 0 Å². The highest BCUT2D eigenvalue weighted by atomic mass is 16.3. The summed E-state index contributed by atoms with van der Waals surface area (Å²) in [6, 6.07) is 1.72. The van der Waals surface area contributed by atoms with Crippen molar-refractivity contribution < 1.29 is 5.11 Å². The highest BCUT2D eigenvalue weighted by Crippen LogP contribution is 2.14. The maximum Gasteiger partial charge on any atom is 0.257 e. The van der Waals surface area contributed by atoms with Gasteiger partial charge in [-0.05, 0) is 19.4 Å². The Morgan fingerprint density at radius 2 is 2.19 bits per heavy atom. The predicted molar refractivity (Wildman–Crippen MR) is 80.7 cm³/mol. The Morgan fingerprint density at radius 1 is 1.38 bits per heavy atom. The van der Waals surface area contributed by atoms with Crippen LogP contribution in [0.25, 0.3) is 5.95 Å². The molecule has 0 fully saturated rings. The van der Waals surface area contributed by atoms with Gasteiger partial charge in [-0.25, -0.2) is 4.68 Å². The highest BCUT2D eigenvalue weighted by Gasteiger charge is 2.15. The van der Waals surface area contributed by atoms with E-state index in [1.807, 2.05) is 24.9 Å². The molecule has 8 nitrogen and oxygen atoms in total. The zero-order valence-corrected chi connectivity index (χ0v) is 12.6. The van der Waals surface area contributed by atoms with Gasteiger partial charge >= 0.3 is 0 Å². The molecule has 21 heavy (non-hydrogen) atoms. The van der Waals surface area contributed by atoms with Gasteiger partial charge in [0.1, 0.15) is 0 Å². The summed E-state index contributed by atoms with van der Waals surface area (Å²) in [6.45, 7) is 4.78. The number of anilines is 2. The highest BCUT2D eigenvalue weighted by molar-refractivity contribution is 5.40. The van der Waals surface area contributed by atoms with Crippen LogP contribution in [0.2, 0.25) is 0 Å². The lowest BCUT2D eigenvalue weighted by atomic mass is 10.3. The fourth-order valence-corrected chi connectivity index (χ4v) is 1.64. The van der Waals surface area contributed by atoms with Crippen molar-refractivity contribution in [3.63, 3.8) is 0 Å². The number of hydrogen-bond acceptors (Lipinski definition) is 7. The molecule has 2 aromatic rings. The number of rotatable bonds is 7. The molecule has 0 saturated heterocycles. The van der Waals surface area contributed by atoms with Crippen molar-refractivity contribution in [1.29, 1.82) is 0 Å². The predicted octanol–water partition coefficient (Wildman–Crippen LogP) is 0.696. The second kappa shape index (κ2) is 6.98. The molecule has 0 bridgehead atoms. The van der Waals surface area contributed by atoms with Gasteiger partial charge in [-0.15, -0.1) is 0 Å². The molecule has 2 rings (SSSR count). The maximum atomic E-state index is 9.28. The third kappa shape index (κ3) is 3.66. The van der Waals surface area contributed by atoms with Gasteiger partial charge in [0.15, 0.2) is 0 Å². The Kier molecular flexibility index (Phi) is 5.04. The lowest BCUT2D eigenvalue weighted by Gasteiger charge is -2.23. The molecule has 0 amide bonds. The van der Waals surface area contributed by atoms with Crippen molar-refractivity contribution >= 4 is 11.9 Å². The van der Waals surface area contributed by atoms with Gasteiger partial charge in [0, 0.05) is 26.0 Å². The van der Waals surface area contributed by atoms with Gasteiger partial charge in [-0.1, -0.05) is 6.92 Å². The lowest BCUT2D eigenvalue weighted by Crippen LogP contribution is -2.33. The van der Waals surface area contributed by atoms with Crippen LogP contribution in [0.5, 0.6) is 0 Å². The fourth-order valence-electron chi connectivity index (χ4n) is 1.64. The van der Waals surface area contributed by atoms with E-state index in [0.29, 0.717) is 17.8 Å². The summed E-state index contributed by atoms with van der Waals surface area (Å²) in [5.41, 5.74) is 0. The van der Waals surface area contributed by atoms with Gasteiger partial charge in [-0.3, -0.25) is 0 Å². The first kappa shape index (κ1) is 15.2. The van der Waals surface area contributed by atoms with E-state index in [1.54, 1.807) is 17.1 Å². The zero-order chi connectivity index (χ0) is 15.2. The summed E-state index contributed by atoms with van der Waals surface area (Å²) in [5, 5.41) is 16.6. The van der Waals surface area contributed by atoms with Crippen LogP contribution in [-0.4, -0.2) is 56.1 Å². The molecule has 0 aliphatic rings. The molecule has 1 unspecified atom stereocenters. The summed E-state index contributed by atoms with van der Waals surface area (Å²) < 4.78 is 1.58. The van der Waals surface area contributed by atoms with Gasteiger partial charge in [0.25, 0.3) is 5.95 Å². The van der Waals surface area contributed by atoms with E-state index in [4.69, 9.17) is 0 Å². The molecule has 8 heteroatoms. The van der Waals surface area contributed by atoms with E-state index in [1.165, 1.54) is 0 Å². The van der Waals surface area contributed by atoms with Crippen molar-refractivity contribution in [2.24, 2.45) is 0 Å². The van der Waals surface area contributed by atoms with E-state index in [2.05, 4.69) is 32.3 Å². The lowest BCUT2D eigenvalue weighted by molar-refractivity contribution is 0.269. The molecule has 0 spiro atoms. The number of aromatic nitrogens is 5. The first-order valence-electron chi connectivity index (χ1n) is 6.99. The molecule has 114 valence electrons. The van der Waals surface area contributed by atoms with Crippen LogP contribution in [0.4, 0.5) is 11.9 Å². The zero-order valence-electron chi connectivity index (χ0n) is 12.6. The normalized spacial score (nSPS) is 12.2. The fraction of sp³-hybridized carbons (Fsp3) is 0.538. The molecule has 0 aliphatic carbocycles. The van der Waals surface area contributed by atoms with Crippen LogP contribution in [0.15, 0.2) is 18.5 Å². The van der Waals surface area contributed by atoms with Gasteiger partial charge < -0.3 is 15.3 Å². The summed E-state index contributed by atoms with van der Waals surface area (Å²) in [5.74, 6) is 1.44. The van der Waals surface area contributed by atoms with Crippen LogP contribution in [-0.2, 0) is 0 Å². The third-order valence-electron chi connectivity index (χ3n) is 3.10. The molecular formula is C13H21N7O. The average molecular weight is 291 g/mol. The minimum Gasteiger partial charge on any atom is -0.394 e. The largest absolute Gasteiger partial charge is 0.394 e. The van der Waals surface area contributed by atoms with Gasteiger partial charge in [-0.2, -0.15) is 20.1 Å². The molecule has 0 radical (unpaired) electrons. The number of nitrogens with one attached hydrogen (secondary N) is 1.